The second-order valence-electron chi connectivity index (χ2n) is 5.58. The van der Waals surface area contributed by atoms with Crippen molar-refractivity contribution in [2.75, 3.05) is 11.9 Å². The van der Waals surface area contributed by atoms with Crippen LogP contribution in [0.15, 0.2) is 60.9 Å². The zero-order valence-corrected chi connectivity index (χ0v) is 14.2. The highest BCUT2D eigenvalue weighted by atomic mass is 16.5. The normalized spacial score (nSPS) is 11.9. The zero-order valence-electron chi connectivity index (χ0n) is 14.2. The highest BCUT2D eigenvalue weighted by Gasteiger charge is 2.20. The Kier molecular flexibility index (Phi) is 5.20. The summed E-state index contributed by atoms with van der Waals surface area (Å²) < 4.78 is 7.47. The number of carbonyl (C=O) groups excluding carboxylic acids is 1. The molecule has 2 aromatic carbocycles. The fourth-order valence-electron chi connectivity index (χ4n) is 2.57. The molecule has 6 heteroatoms. The van der Waals surface area contributed by atoms with Crippen LogP contribution in [0, 0.1) is 0 Å². The van der Waals surface area contributed by atoms with Gasteiger partial charge in [0.25, 0.3) is 5.91 Å². The minimum atomic E-state index is -0.635. The maximum absolute atomic E-state index is 12.6. The second kappa shape index (κ2) is 7.72. The maximum Gasteiger partial charge on any atom is 0.258 e. The van der Waals surface area contributed by atoms with Crippen LogP contribution < -0.4 is 5.32 Å². The van der Waals surface area contributed by atoms with Gasteiger partial charge in [0.15, 0.2) is 11.9 Å². The van der Waals surface area contributed by atoms with Gasteiger partial charge in [-0.15, -0.1) is 10.2 Å². The minimum absolute atomic E-state index is 0.195. The molecule has 1 aromatic heterocycles. The lowest BCUT2D eigenvalue weighted by atomic mass is 10.1. The van der Waals surface area contributed by atoms with E-state index in [1.165, 1.54) is 0 Å². The summed E-state index contributed by atoms with van der Waals surface area (Å²) in [5.74, 6) is 0.578. The Hall–Kier alpha value is -2.99. The number of hydrogen-bond donors (Lipinski definition) is 1. The molecule has 128 valence electrons. The molecule has 1 unspecified atom stereocenters. The van der Waals surface area contributed by atoms with E-state index in [1.807, 2.05) is 73.1 Å². The van der Waals surface area contributed by atoms with Crippen LogP contribution in [0.2, 0.25) is 0 Å². The summed E-state index contributed by atoms with van der Waals surface area (Å²) in [6, 6.07) is 17.0. The highest BCUT2D eigenvalue weighted by molar-refractivity contribution is 5.95. The lowest BCUT2D eigenvalue weighted by molar-refractivity contribution is -0.127. The van der Waals surface area contributed by atoms with Gasteiger partial charge < -0.3 is 14.6 Å². The van der Waals surface area contributed by atoms with Crippen molar-refractivity contribution in [1.82, 2.24) is 14.8 Å². The average Bonchev–Trinajstić information content (AvgIpc) is 3.07. The molecule has 1 atom stereocenters. The van der Waals surface area contributed by atoms with Crippen molar-refractivity contribution in [3.63, 3.8) is 0 Å². The van der Waals surface area contributed by atoms with E-state index < -0.39 is 6.10 Å². The van der Waals surface area contributed by atoms with E-state index in [4.69, 9.17) is 4.74 Å². The smallest absolute Gasteiger partial charge is 0.258 e. The molecular weight excluding hydrogens is 316 g/mol. The first-order chi connectivity index (χ1) is 12.2. The molecule has 0 aliphatic carbocycles. The van der Waals surface area contributed by atoms with Crippen molar-refractivity contribution in [1.29, 1.82) is 0 Å². The number of hydrogen-bond acceptors (Lipinski definition) is 4. The fourth-order valence-corrected chi connectivity index (χ4v) is 2.57. The largest absolute Gasteiger partial charge is 0.364 e. The molecule has 25 heavy (non-hydrogen) atoms. The summed E-state index contributed by atoms with van der Waals surface area (Å²) in [5, 5.41) is 10.9. The van der Waals surface area contributed by atoms with Crippen LogP contribution in [-0.4, -0.2) is 27.3 Å². The van der Waals surface area contributed by atoms with Crippen molar-refractivity contribution < 1.29 is 9.53 Å². The van der Waals surface area contributed by atoms with Gasteiger partial charge in [0.2, 0.25) is 0 Å². The Morgan fingerprint density at radius 1 is 1.16 bits per heavy atom. The Morgan fingerprint density at radius 3 is 2.48 bits per heavy atom. The van der Waals surface area contributed by atoms with E-state index in [1.54, 1.807) is 6.33 Å². The summed E-state index contributed by atoms with van der Waals surface area (Å²) in [5.41, 5.74) is 2.47. The Balaban J connectivity index is 1.74. The number of aromatic nitrogens is 3. The van der Waals surface area contributed by atoms with Crippen molar-refractivity contribution in [2.45, 2.75) is 13.0 Å². The molecule has 0 fully saturated rings. The Bertz CT molecular complexity index is 828. The van der Waals surface area contributed by atoms with Gasteiger partial charge >= 0.3 is 0 Å². The maximum atomic E-state index is 12.6. The summed E-state index contributed by atoms with van der Waals surface area (Å²) in [4.78, 5) is 12.6. The molecule has 0 aliphatic heterocycles. The predicted molar refractivity (Wildman–Crippen MR) is 95.9 cm³/mol. The first-order valence-electron chi connectivity index (χ1n) is 8.11. The monoisotopic (exact) mass is 336 g/mol. The van der Waals surface area contributed by atoms with E-state index in [0.717, 1.165) is 17.0 Å². The third-order valence-electron chi connectivity index (χ3n) is 3.80. The molecule has 0 spiro atoms. The summed E-state index contributed by atoms with van der Waals surface area (Å²) >= 11 is 0. The lowest BCUT2D eigenvalue weighted by Crippen LogP contribution is -2.23. The van der Waals surface area contributed by atoms with Crippen LogP contribution >= 0.6 is 0 Å². The summed E-state index contributed by atoms with van der Waals surface area (Å²) in [6.45, 7) is 2.33. The molecule has 1 N–H and O–H groups in total. The third kappa shape index (κ3) is 3.92. The van der Waals surface area contributed by atoms with Crippen molar-refractivity contribution in [2.24, 2.45) is 7.05 Å². The van der Waals surface area contributed by atoms with E-state index in [0.29, 0.717) is 12.3 Å². The molecule has 0 saturated heterocycles. The third-order valence-corrected chi connectivity index (χ3v) is 3.80. The van der Waals surface area contributed by atoms with Crippen LogP contribution in [-0.2, 0) is 16.6 Å². The van der Waals surface area contributed by atoms with E-state index >= 15 is 0 Å². The van der Waals surface area contributed by atoms with Gasteiger partial charge in [-0.25, -0.2) is 0 Å². The molecular formula is C19H20N4O2. The number of ether oxygens (including phenoxy) is 1. The molecule has 0 bridgehead atoms. The number of aryl methyl sites for hydroxylation is 1. The van der Waals surface area contributed by atoms with Gasteiger partial charge in [-0.2, -0.15) is 0 Å². The van der Waals surface area contributed by atoms with E-state index in [2.05, 4.69) is 15.5 Å². The average molecular weight is 336 g/mol. The summed E-state index contributed by atoms with van der Waals surface area (Å²) in [6.07, 6.45) is 1.02. The first-order valence-corrected chi connectivity index (χ1v) is 8.11. The molecule has 3 aromatic rings. The first kappa shape index (κ1) is 16.9. The molecule has 1 amide bonds. The molecule has 0 saturated carbocycles. The Labute approximate surface area is 146 Å². The minimum Gasteiger partial charge on any atom is -0.364 e. The van der Waals surface area contributed by atoms with Gasteiger partial charge in [-0.3, -0.25) is 4.79 Å². The van der Waals surface area contributed by atoms with Gasteiger partial charge in [0.05, 0.1) is 0 Å². The lowest BCUT2D eigenvalue weighted by Gasteiger charge is -2.17. The van der Waals surface area contributed by atoms with E-state index in [9.17, 15) is 4.79 Å². The number of benzene rings is 2. The number of nitrogens with one attached hydrogen (secondary N) is 1. The van der Waals surface area contributed by atoms with Gasteiger partial charge in [0.1, 0.15) is 6.33 Å². The van der Waals surface area contributed by atoms with Crippen LogP contribution in [0.25, 0.3) is 11.4 Å². The number of carbonyl (C=O) groups is 1. The Morgan fingerprint density at radius 2 is 1.88 bits per heavy atom. The van der Waals surface area contributed by atoms with Gasteiger partial charge in [0, 0.05) is 24.9 Å². The van der Waals surface area contributed by atoms with Gasteiger partial charge in [-0.05, 0) is 36.8 Å². The van der Waals surface area contributed by atoms with Crippen LogP contribution in [0.5, 0.6) is 0 Å². The number of anilines is 1. The fraction of sp³-hybridized carbons (Fsp3) is 0.211. The molecule has 3 rings (SSSR count). The van der Waals surface area contributed by atoms with Crippen LogP contribution in [0.4, 0.5) is 5.69 Å². The zero-order chi connectivity index (χ0) is 17.6. The topological polar surface area (TPSA) is 69.0 Å². The quantitative estimate of drug-likeness (QED) is 0.750. The molecule has 6 nitrogen and oxygen atoms in total. The standard InChI is InChI=1S/C19H20N4O2/c1-3-25-17(14-7-5-4-6-8-14)19(24)21-16-11-9-15(10-12-16)18-22-20-13-23(18)2/h4-13,17H,3H2,1-2H3,(H,21,24). The van der Waals surface area contributed by atoms with Crippen molar-refractivity contribution in [3.8, 4) is 11.4 Å². The molecule has 0 aliphatic rings. The van der Waals surface area contributed by atoms with Crippen molar-refractivity contribution in [3.05, 3.63) is 66.5 Å². The molecule has 1 heterocycles. The van der Waals surface area contributed by atoms with Crippen LogP contribution in [0.3, 0.4) is 0 Å². The van der Waals surface area contributed by atoms with Gasteiger partial charge in [-0.1, -0.05) is 30.3 Å². The van der Waals surface area contributed by atoms with Crippen molar-refractivity contribution >= 4 is 11.6 Å². The number of amides is 1. The molecule has 0 radical (unpaired) electrons. The number of nitrogens with zero attached hydrogens (tertiary/aromatic N) is 3. The highest BCUT2D eigenvalue weighted by Crippen LogP contribution is 2.22. The second-order valence-corrected chi connectivity index (χ2v) is 5.58. The summed E-state index contributed by atoms with van der Waals surface area (Å²) in [7, 11) is 1.89. The van der Waals surface area contributed by atoms with E-state index in [-0.39, 0.29) is 5.91 Å². The SMILES string of the molecule is CCOC(C(=O)Nc1ccc(-c2nncn2C)cc1)c1ccccc1. The predicted octanol–water partition coefficient (Wildman–Crippen LogP) is 3.20. The van der Waals surface area contributed by atoms with Crippen LogP contribution in [0.1, 0.15) is 18.6 Å². The number of rotatable bonds is 6.